The lowest BCUT2D eigenvalue weighted by Crippen LogP contribution is -2.29. The van der Waals surface area contributed by atoms with Gasteiger partial charge in [-0.25, -0.2) is 0 Å². The molecule has 112 valence electrons. The molecule has 0 aliphatic rings. The summed E-state index contributed by atoms with van der Waals surface area (Å²) >= 11 is 0. The van der Waals surface area contributed by atoms with E-state index in [4.69, 9.17) is 4.74 Å². The molecule has 0 spiro atoms. The van der Waals surface area contributed by atoms with Crippen molar-refractivity contribution >= 4 is 5.91 Å². The molecule has 0 radical (unpaired) electrons. The molecular weight excluding hydrogens is 276 g/mol. The number of nitrogens with zero attached hydrogens (tertiary/aromatic N) is 1. The maximum absolute atomic E-state index is 12.1. The van der Waals surface area contributed by atoms with Gasteiger partial charge in [-0.3, -0.25) is 4.79 Å². The van der Waals surface area contributed by atoms with E-state index in [1.165, 1.54) is 0 Å². The fraction of sp³-hybridized carbons (Fsp3) is 0.222. The van der Waals surface area contributed by atoms with E-state index in [1.807, 2.05) is 55.5 Å². The molecule has 1 atom stereocenters. The molecule has 0 saturated carbocycles. The summed E-state index contributed by atoms with van der Waals surface area (Å²) in [5.41, 5.74) is 2.74. The van der Waals surface area contributed by atoms with Gasteiger partial charge in [-0.1, -0.05) is 42.0 Å². The second kappa shape index (κ2) is 7.28. The van der Waals surface area contributed by atoms with Crippen molar-refractivity contribution in [3.05, 3.63) is 65.2 Å². The number of rotatable bonds is 5. The molecular formula is C18H18N2O2. The minimum atomic E-state index is -0.640. The number of ether oxygens (including phenoxy) is 1. The van der Waals surface area contributed by atoms with E-state index in [0.717, 1.165) is 16.7 Å². The molecule has 2 aromatic rings. The Balaban J connectivity index is 2.03. The fourth-order valence-electron chi connectivity index (χ4n) is 2.13. The van der Waals surface area contributed by atoms with E-state index in [0.29, 0.717) is 5.75 Å². The van der Waals surface area contributed by atoms with Gasteiger partial charge >= 0.3 is 0 Å². The molecule has 1 unspecified atom stereocenters. The van der Waals surface area contributed by atoms with Gasteiger partial charge in [-0.2, -0.15) is 5.26 Å². The molecule has 2 rings (SSSR count). The zero-order valence-electron chi connectivity index (χ0n) is 12.7. The number of benzene rings is 2. The summed E-state index contributed by atoms with van der Waals surface area (Å²) in [6.45, 7) is 1.98. The molecule has 0 aliphatic heterocycles. The van der Waals surface area contributed by atoms with E-state index < -0.39 is 6.04 Å². The molecule has 0 aromatic heterocycles. The molecule has 0 saturated heterocycles. The van der Waals surface area contributed by atoms with E-state index in [-0.39, 0.29) is 12.3 Å². The lowest BCUT2D eigenvalue weighted by Gasteiger charge is -2.12. The molecule has 0 aliphatic carbocycles. The standard InChI is InChI=1S/C18H18N2O2/c1-13-6-8-15(9-7-13)17(12-19)20-18(21)11-14-4-3-5-16(10-14)22-2/h3-10,17H,11H2,1-2H3,(H,20,21). The average molecular weight is 294 g/mol. The first-order valence-corrected chi connectivity index (χ1v) is 7.01. The normalized spacial score (nSPS) is 11.3. The predicted octanol–water partition coefficient (Wildman–Crippen LogP) is 2.93. The minimum absolute atomic E-state index is 0.194. The quantitative estimate of drug-likeness (QED) is 0.922. The lowest BCUT2D eigenvalue weighted by atomic mass is 10.1. The van der Waals surface area contributed by atoms with Crippen molar-refractivity contribution in [2.24, 2.45) is 0 Å². The second-order valence-electron chi connectivity index (χ2n) is 5.07. The Hall–Kier alpha value is -2.80. The Labute approximate surface area is 130 Å². The summed E-state index contributed by atoms with van der Waals surface area (Å²) in [4.78, 5) is 12.1. The Bertz CT molecular complexity index is 687. The van der Waals surface area contributed by atoms with Crippen LogP contribution in [0.4, 0.5) is 0 Å². The zero-order chi connectivity index (χ0) is 15.9. The molecule has 22 heavy (non-hydrogen) atoms. The van der Waals surface area contributed by atoms with Crippen LogP contribution < -0.4 is 10.1 Å². The van der Waals surface area contributed by atoms with Crippen LogP contribution in [0.3, 0.4) is 0 Å². The highest BCUT2D eigenvalue weighted by atomic mass is 16.5. The monoisotopic (exact) mass is 294 g/mol. The molecule has 0 fully saturated rings. The van der Waals surface area contributed by atoms with Gasteiger partial charge in [0.2, 0.25) is 5.91 Å². The summed E-state index contributed by atoms with van der Waals surface area (Å²) in [7, 11) is 1.59. The van der Waals surface area contributed by atoms with E-state index in [9.17, 15) is 10.1 Å². The first kappa shape index (κ1) is 15.6. The Kier molecular flexibility index (Phi) is 5.16. The Morgan fingerprint density at radius 2 is 2.00 bits per heavy atom. The number of hydrogen-bond acceptors (Lipinski definition) is 3. The van der Waals surface area contributed by atoms with Crippen molar-refractivity contribution in [1.82, 2.24) is 5.32 Å². The van der Waals surface area contributed by atoms with E-state index >= 15 is 0 Å². The highest BCUT2D eigenvalue weighted by Gasteiger charge is 2.14. The topological polar surface area (TPSA) is 62.1 Å². The Morgan fingerprint density at radius 3 is 2.64 bits per heavy atom. The van der Waals surface area contributed by atoms with Gasteiger partial charge in [-0.15, -0.1) is 0 Å². The first-order chi connectivity index (χ1) is 10.6. The van der Waals surface area contributed by atoms with Gasteiger partial charge < -0.3 is 10.1 Å². The molecule has 2 aromatic carbocycles. The van der Waals surface area contributed by atoms with Crippen LogP contribution in [0.5, 0.6) is 5.75 Å². The molecule has 1 amide bonds. The Morgan fingerprint density at radius 1 is 1.27 bits per heavy atom. The third-order valence-corrected chi connectivity index (χ3v) is 3.34. The number of amides is 1. The third-order valence-electron chi connectivity index (χ3n) is 3.34. The van der Waals surface area contributed by atoms with Crippen LogP contribution >= 0.6 is 0 Å². The molecule has 4 nitrogen and oxygen atoms in total. The maximum atomic E-state index is 12.1. The van der Waals surface area contributed by atoms with Crippen LogP contribution in [0.15, 0.2) is 48.5 Å². The largest absolute Gasteiger partial charge is 0.497 e. The number of carbonyl (C=O) groups excluding carboxylic acids is 1. The van der Waals surface area contributed by atoms with Crippen molar-refractivity contribution < 1.29 is 9.53 Å². The van der Waals surface area contributed by atoms with Gasteiger partial charge in [0.25, 0.3) is 0 Å². The maximum Gasteiger partial charge on any atom is 0.225 e. The van der Waals surface area contributed by atoms with Gasteiger partial charge in [0, 0.05) is 0 Å². The summed E-state index contributed by atoms with van der Waals surface area (Å²) in [6.07, 6.45) is 0.210. The van der Waals surface area contributed by atoms with Gasteiger partial charge in [0.15, 0.2) is 0 Å². The van der Waals surface area contributed by atoms with Gasteiger partial charge in [-0.05, 0) is 30.2 Å². The van der Waals surface area contributed by atoms with Crippen LogP contribution in [0.25, 0.3) is 0 Å². The number of aryl methyl sites for hydroxylation is 1. The van der Waals surface area contributed by atoms with Gasteiger partial charge in [0.1, 0.15) is 11.8 Å². The van der Waals surface area contributed by atoms with Crippen LogP contribution in [-0.2, 0) is 11.2 Å². The molecule has 4 heteroatoms. The third kappa shape index (κ3) is 4.10. The summed E-state index contributed by atoms with van der Waals surface area (Å²) in [6, 6.07) is 16.4. The van der Waals surface area contributed by atoms with Gasteiger partial charge in [0.05, 0.1) is 19.6 Å². The molecule has 1 N–H and O–H groups in total. The van der Waals surface area contributed by atoms with Crippen molar-refractivity contribution in [2.75, 3.05) is 7.11 Å². The SMILES string of the molecule is COc1cccc(CC(=O)NC(C#N)c2ccc(C)cc2)c1. The minimum Gasteiger partial charge on any atom is -0.497 e. The lowest BCUT2D eigenvalue weighted by molar-refractivity contribution is -0.120. The van der Waals surface area contributed by atoms with Crippen LogP contribution in [-0.4, -0.2) is 13.0 Å². The van der Waals surface area contributed by atoms with Crippen molar-refractivity contribution in [3.63, 3.8) is 0 Å². The highest BCUT2D eigenvalue weighted by molar-refractivity contribution is 5.79. The number of carbonyl (C=O) groups is 1. The number of nitrogens with one attached hydrogen (secondary N) is 1. The van der Waals surface area contributed by atoms with Crippen LogP contribution in [0.2, 0.25) is 0 Å². The van der Waals surface area contributed by atoms with Crippen LogP contribution in [0, 0.1) is 18.3 Å². The summed E-state index contributed by atoms with van der Waals surface area (Å²) in [5.74, 6) is 0.515. The zero-order valence-corrected chi connectivity index (χ0v) is 12.7. The second-order valence-corrected chi connectivity index (χ2v) is 5.07. The van der Waals surface area contributed by atoms with Crippen molar-refractivity contribution in [2.45, 2.75) is 19.4 Å². The fourth-order valence-corrected chi connectivity index (χ4v) is 2.13. The first-order valence-electron chi connectivity index (χ1n) is 7.01. The average Bonchev–Trinajstić information content (AvgIpc) is 2.53. The van der Waals surface area contributed by atoms with Crippen LogP contribution in [0.1, 0.15) is 22.7 Å². The van der Waals surface area contributed by atoms with E-state index in [2.05, 4.69) is 11.4 Å². The molecule has 0 bridgehead atoms. The van der Waals surface area contributed by atoms with E-state index in [1.54, 1.807) is 7.11 Å². The summed E-state index contributed by atoms with van der Waals surface area (Å²) < 4.78 is 5.14. The number of hydrogen-bond donors (Lipinski definition) is 1. The van der Waals surface area contributed by atoms with Crippen molar-refractivity contribution in [3.8, 4) is 11.8 Å². The smallest absolute Gasteiger partial charge is 0.225 e. The predicted molar refractivity (Wildman–Crippen MR) is 84.4 cm³/mol. The molecule has 0 heterocycles. The van der Waals surface area contributed by atoms with Crippen molar-refractivity contribution in [1.29, 1.82) is 5.26 Å². The number of methoxy groups -OCH3 is 1. The highest BCUT2D eigenvalue weighted by Crippen LogP contribution is 2.15. The summed E-state index contributed by atoms with van der Waals surface area (Å²) in [5, 5.41) is 12.0. The number of nitriles is 1.